The summed E-state index contributed by atoms with van der Waals surface area (Å²) < 4.78 is 0. The molecule has 19 heavy (non-hydrogen) atoms. The van der Waals surface area contributed by atoms with Crippen LogP contribution in [0.1, 0.15) is 49.0 Å². The minimum Gasteiger partial charge on any atom is -0.347 e. The fraction of sp³-hybridized carbons (Fsp3) is 0.714. The zero-order chi connectivity index (χ0) is 13.9. The molecule has 0 radical (unpaired) electrons. The Balaban J connectivity index is 2.03. The molecule has 0 aliphatic carbocycles. The molecule has 1 amide bonds. The van der Waals surface area contributed by atoms with E-state index in [0.29, 0.717) is 0 Å². The first-order chi connectivity index (χ1) is 9.07. The lowest BCUT2D eigenvalue weighted by Gasteiger charge is -2.28. The molecular weight excluding hydrogens is 258 g/mol. The van der Waals surface area contributed by atoms with Crippen LogP contribution in [0.15, 0.2) is 6.20 Å². The van der Waals surface area contributed by atoms with Crippen molar-refractivity contribution in [2.75, 3.05) is 13.1 Å². The maximum absolute atomic E-state index is 12.6. The van der Waals surface area contributed by atoms with Crippen LogP contribution in [-0.2, 0) is 4.79 Å². The summed E-state index contributed by atoms with van der Waals surface area (Å²) >= 11 is 1.65. The number of rotatable bonds is 5. The number of aromatic nitrogens is 1. The zero-order valence-corrected chi connectivity index (χ0v) is 12.8. The summed E-state index contributed by atoms with van der Waals surface area (Å²) in [5.41, 5.74) is -0.213. The minimum absolute atomic E-state index is 0.000492. The number of hydrogen-bond acceptors (Lipinski definition) is 4. The molecule has 2 rings (SSSR count). The van der Waals surface area contributed by atoms with Crippen molar-refractivity contribution in [2.24, 2.45) is 5.41 Å². The van der Waals surface area contributed by atoms with Gasteiger partial charge in [-0.2, -0.15) is 0 Å². The Hall–Kier alpha value is -0.940. The third-order valence-electron chi connectivity index (χ3n) is 3.81. The monoisotopic (exact) mass is 281 g/mol. The summed E-state index contributed by atoms with van der Waals surface area (Å²) in [6.45, 7) is 7.93. The van der Waals surface area contributed by atoms with Gasteiger partial charge in [0.15, 0.2) is 0 Å². The van der Waals surface area contributed by atoms with E-state index in [2.05, 4.69) is 22.5 Å². The minimum atomic E-state index is -0.213. The number of hydrogen-bond donors (Lipinski definition) is 2. The molecule has 2 heterocycles. The standard InChI is InChI=1S/C14H23N3OS/c1-4-5-14(6-7-15-9-14)13(18)17-11(3)12-16-8-10(2)19-12/h8,11,15H,4-7,9H2,1-3H3,(H,17,18). The fourth-order valence-corrected chi connectivity index (χ4v) is 3.50. The number of carbonyl (C=O) groups excluding carboxylic acids is 1. The Kier molecular flexibility index (Phi) is 4.58. The lowest BCUT2D eigenvalue weighted by Crippen LogP contribution is -2.43. The second-order valence-corrected chi connectivity index (χ2v) is 6.73. The van der Waals surface area contributed by atoms with Gasteiger partial charge in [0.05, 0.1) is 11.5 Å². The highest BCUT2D eigenvalue weighted by atomic mass is 32.1. The van der Waals surface area contributed by atoms with Gasteiger partial charge < -0.3 is 10.6 Å². The van der Waals surface area contributed by atoms with Gasteiger partial charge in [-0.1, -0.05) is 13.3 Å². The predicted molar refractivity (Wildman–Crippen MR) is 78.2 cm³/mol. The van der Waals surface area contributed by atoms with Crippen molar-refractivity contribution in [3.63, 3.8) is 0 Å². The van der Waals surface area contributed by atoms with E-state index < -0.39 is 0 Å². The molecule has 0 aromatic carbocycles. The van der Waals surface area contributed by atoms with Crippen molar-refractivity contribution in [3.05, 3.63) is 16.1 Å². The maximum atomic E-state index is 12.6. The summed E-state index contributed by atoms with van der Waals surface area (Å²) in [5.74, 6) is 0.180. The molecule has 2 unspecified atom stereocenters. The summed E-state index contributed by atoms with van der Waals surface area (Å²) in [6.07, 6.45) is 4.80. The van der Waals surface area contributed by atoms with E-state index in [1.165, 1.54) is 4.88 Å². The number of nitrogens with zero attached hydrogens (tertiary/aromatic N) is 1. The largest absolute Gasteiger partial charge is 0.347 e. The van der Waals surface area contributed by atoms with E-state index in [1.54, 1.807) is 11.3 Å². The van der Waals surface area contributed by atoms with Gasteiger partial charge in [0.1, 0.15) is 5.01 Å². The van der Waals surface area contributed by atoms with Crippen LogP contribution in [0.2, 0.25) is 0 Å². The van der Waals surface area contributed by atoms with Gasteiger partial charge in [0.2, 0.25) is 5.91 Å². The molecule has 2 atom stereocenters. The summed E-state index contributed by atoms with van der Waals surface area (Å²) in [6, 6.07) is 0.000492. The molecule has 0 bridgehead atoms. The number of thiazole rings is 1. The van der Waals surface area contributed by atoms with Crippen LogP contribution in [0.4, 0.5) is 0 Å². The van der Waals surface area contributed by atoms with E-state index in [-0.39, 0.29) is 17.4 Å². The summed E-state index contributed by atoms with van der Waals surface area (Å²) in [5, 5.41) is 7.46. The van der Waals surface area contributed by atoms with Crippen LogP contribution in [0.25, 0.3) is 0 Å². The number of aryl methyl sites for hydroxylation is 1. The van der Waals surface area contributed by atoms with Crippen LogP contribution in [0.5, 0.6) is 0 Å². The van der Waals surface area contributed by atoms with Crippen molar-refractivity contribution >= 4 is 17.2 Å². The average Bonchev–Trinajstić information content (AvgIpc) is 2.99. The predicted octanol–water partition coefficient (Wildman–Crippen LogP) is 2.41. The topological polar surface area (TPSA) is 54.0 Å². The second-order valence-electron chi connectivity index (χ2n) is 5.46. The normalized spacial score (nSPS) is 24.4. The highest BCUT2D eigenvalue weighted by molar-refractivity contribution is 7.11. The third kappa shape index (κ3) is 3.15. The molecule has 0 spiro atoms. The van der Waals surface area contributed by atoms with Crippen molar-refractivity contribution in [3.8, 4) is 0 Å². The number of nitrogens with one attached hydrogen (secondary N) is 2. The Morgan fingerprint density at radius 1 is 1.68 bits per heavy atom. The zero-order valence-electron chi connectivity index (χ0n) is 12.0. The smallest absolute Gasteiger partial charge is 0.228 e. The van der Waals surface area contributed by atoms with E-state index >= 15 is 0 Å². The van der Waals surface area contributed by atoms with Crippen LogP contribution in [0, 0.1) is 12.3 Å². The van der Waals surface area contributed by atoms with E-state index in [0.717, 1.165) is 37.4 Å². The fourth-order valence-electron chi connectivity index (χ4n) is 2.73. The molecule has 2 N–H and O–H groups in total. The third-order valence-corrected chi connectivity index (χ3v) is 4.91. The van der Waals surface area contributed by atoms with Crippen molar-refractivity contribution in [1.82, 2.24) is 15.6 Å². The SMILES string of the molecule is CCCC1(C(=O)NC(C)c2ncc(C)s2)CCNC1. The number of carbonyl (C=O) groups is 1. The highest BCUT2D eigenvalue weighted by Gasteiger charge is 2.40. The van der Waals surface area contributed by atoms with Gasteiger partial charge in [-0.05, 0) is 33.2 Å². The lowest BCUT2D eigenvalue weighted by atomic mass is 9.81. The summed E-state index contributed by atoms with van der Waals surface area (Å²) in [4.78, 5) is 18.1. The van der Waals surface area contributed by atoms with Crippen molar-refractivity contribution in [1.29, 1.82) is 0 Å². The molecule has 1 aliphatic heterocycles. The van der Waals surface area contributed by atoms with E-state index in [1.807, 2.05) is 20.0 Å². The Bertz CT molecular complexity index is 438. The van der Waals surface area contributed by atoms with Gasteiger partial charge in [-0.25, -0.2) is 4.98 Å². The molecule has 1 saturated heterocycles. The van der Waals surface area contributed by atoms with Crippen molar-refractivity contribution < 1.29 is 4.79 Å². The highest BCUT2D eigenvalue weighted by Crippen LogP contribution is 2.32. The first kappa shape index (κ1) is 14.5. The maximum Gasteiger partial charge on any atom is 0.228 e. The van der Waals surface area contributed by atoms with Crippen LogP contribution >= 0.6 is 11.3 Å². The molecule has 0 saturated carbocycles. The van der Waals surface area contributed by atoms with Gasteiger partial charge >= 0.3 is 0 Å². The van der Waals surface area contributed by atoms with E-state index in [4.69, 9.17) is 0 Å². The van der Waals surface area contributed by atoms with Gasteiger partial charge in [0.25, 0.3) is 0 Å². The molecule has 1 aromatic heterocycles. The molecule has 1 aromatic rings. The summed E-state index contributed by atoms with van der Waals surface area (Å²) in [7, 11) is 0. The quantitative estimate of drug-likeness (QED) is 0.871. The Morgan fingerprint density at radius 3 is 3.00 bits per heavy atom. The average molecular weight is 281 g/mol. The first-order valence-corrected chi connectivity index (χ1v) is 7.83. The van der Waals surface area contributed by atoms with Crippen LogP contribution < -0.4 is 10.6 Å². The molecule has 106 valence electrons. The van der Waals surface area contributed by atoms with Gasteiger partial charge in [0, 0.05) is 17.6 Å². The first-order valence-electron chi connectivity index (χ1n) is 7.01. The molecular formula is C14H23N3OS. The van der Waals surface area contributed by atoms with Gasteiger partial charge in [-0.15, -0.1) is 11.3 Å². The lowest BCUT2D eigenvalue weighted by molar-refractivity contribution is -0.131. The molecule has 1 aliphatic rings. The van der Waals surface area contributed by atoms with Crippen LogP contribution in [-0.4, -0.2) is 24.0 Å². The van der Waals surface area contributed by atoms with Crippen molar-refractivity contribution in [2.45, 2.75) is 46.1 Å². The molecule has 4 nitrogen and oxygen atoms in total. The van der Waals surface area contributed by atoms with Gasteiger partial charge in [-0.3, -0.25) is 4.79 Å². The second kappa shape index (κ2) is 6.01. The van der Waals surface area contributed by atoms with Crippen LogP contribution in [0.3, 0.4) is 0 Å². The Morgan fingerprint density at radius 2 is 2.47 bits per heavy atom. The molecule has 1 fully saturated rings. The van der Waals surface area contributed by atoms with E-state index in [9.17, 15) is 4.79 Å². The number of amides is 1. The molecule has 5 heteroatoms. The Labute approximate surface area is 119 Å².